The van der Waals surface area contributed by atoms with Gasteiger partial charge in [0.15, 0.2) is 0 Å². The molecule has 0 bridgehead atoms. The highest BCUT2D eigenvalue weighted by atomic mass is 19.4. The number of nitrogens with zero attached hydrogens (tertiary/aromatic N) is 1. The molecule has 0 aliphatic carbocycles. The van der Waals surface area contributed by atoms with Crippen LogP contribution in [0.1, 0.15) is 51.3 Å². The number of carbonyl (C=O) groups excluding carboxylic acids is 1. The van der Waals surface area contributed by atoms with Gasteiger partial charge < -0.3 is 5.32 Å². The standard InChI is InChI=1S/C18H27F3N2O/c1-12(2)9-16(22-17(24)11-23(5)13(3)4)14-7-6-8-15(10-14)18(19,20)21/h6-8,10,12-13,16H,9,11H2,1-5H3,(H,22,24)/t16-/m0/s1. The fraction of sp³-hybridized carbons (Fsp3) is 0.611. The first kappa shape index (κ1) is 20.5. The molecule has 0 spiro atoms. The molecule has 0 saturated heterocycles. The molecule has 0 fully saturated rings. The number of amides is 1. The van der Waals surface area contributed by atoms with Crippen molar-refractivity contribution >= 4 is 5.91 Å². The number of nitrogens with one attached hydrogen (secondary N) is 1. The zero-order valence-corrected chi connectivity index (χ0v) is 14.9. The second-order valence-electron chi connectivity index (χ2n) is 6.88. The highest BCUT2D eigenvalue weighted by Gasteiger charge is 2.31. The number of carbonyl (C=O) groups is 1. The van der Waals surface area contributed by atoms with Crippen LogP contribution in [-0.4, -0.2) is 30.4 Å². The van der Waals surface area contributed by atoms with Crippen molar-refractivity contribution in [1.29, 1.82) is 0 Å². The summed E-state index contributed by atoms with van der Waals surface area (Å²) < 4.78 is 38.8. The average Bonchev–Trinajstić information content (AvgIpc) is 2.45. The minimum absolute atomic E-state index is 0.186. The van der Waals surface area contributed by atoms with Crippen molar-refractivity contribution in [2.24, 2.45) is 5.92 Å². The van der Waals surface area contributed by atoms with Crippen LogP contribution in [0, 0.1) is 5.92 Å². The molecule has 0 radical (unpaired) electrons. The Hall–Kier alpha value is -1.56. The van der Waals surface area contributed by atoms with Crippen LogP contribution in [0.25, 0.3) is 0 Å². The minimum Gasteiger partial charge on any atom is -0.348 e. The van der Waals surface area contributed by atoms with Gasteiger partial charge >= 0.3 is 6.18 Å². The highest BCUT2D eigenvalue weighted by Crippen LogP contribution is 2.32. The van der Waals surface area contributed by atoms with E-state index >= 15 is 0 Å². The molecule has 0 unspecified atom stereocenters. The van der Waals surface area contributed by atoms with Crippen molar-refractivity contribution in [3.05, 3.63) is 35.4 Å². The molecule has 1 aromatic rings. The van der Waals surface area contributed by atoms with Gasteiger partial charge in [-0.05, 0) is 50.9 Å². The van der Waals surface area contributed by atoms with Gasteiger partial charge in [-0.15, -0.1) is 0 Å². The maximum Gasteiger partial charge on any atom is 0.416 e. The van der Waals surface area contributed by atoms with Crippen LogP contribution in [0.3, 0.4) is 0 Å². The van der Waals surface area contributed by atoms with Crippen LogP contribution >= 0.6 is 0 Å². The SMILES string of the molecule is CC(C)C[C@H](NC(=O)CN(C)C(C)C)c1cccc(C(F)(F)F)c1. The summed E-state index contributed by atoms with van der Waals surface area (Å²) in [5.74, 6) is 0.0573. The summed E-state index contributed by atoms with van der Waals surface area (Å²) in [6, 6.07) is 4.98. The Morgan fingerprint density at radius 1 is 1.21 bits per heavy atom. The Morgan fingerprint density at radius 3 is 2.33 bits per heavy atom. The van der Waals surface area contributed by atoms with E-state index in [1.807, 2.05) is 39.6 Å². The lowest BCUT2D eigenvalue weighted by molar-refractivity contribution is -0.137. The van der Waals surface area contributed by atoms with E-state index in [4.69, 9.17) is 0 Å². The van der Waals surface area contributed by atoms with Gasteiger partial charge in [0.25, 0.3) is 0 Å². The summed E-state index contributed by atoms with van der Waals surface area (Å²) in [6.45, 7) is 8.13. The van der Waals surface area contributed by atoms with E-state index in [2.05, 4.69) is 5.32 Å². The molecule has 3 nitrogen and oxygen atoms in total. The third kappa shape index (κ3) is 6.51. The molecule has 136 valence electrons. The number of benzene rings is 1. The van der Waals surface area contributed by atoms with Gasteiger partial charge in [0.05, 0.1) is 18.2 Å². The van der Waals surface area contributed by atoms with Crippen LogP contribution in [0.4, 0.5) is 13.2 Å². The highest BCUT2D eigenvalue weighted by molar-refractivity contribution is 5.78. The van der Waals surface area contributed by atoms with Crippen molar-refractivity contribution in [2.75, 3.05) is 13.6 Å². The molecular weight excluding hydrogens is 317 g/mol. The molecule has 24 heavy (non-hydrogen) atoms. The lowest BCUT2D eigenvalue weighted by Gasteiger charge is -2.25. The van der Waals surface area contributed by atoms with Gasteiger partial charge in [-0.25, -0.2) is 0 Å². The van der Waals surface area contributed by atoms with Gasteiger partial charge in [0.2, 0.25) is 5.91 Å². The average molecular weight is 344 g/mol. The molecule has 0 heterocycles. The zero-order chi connectivity index (χ0) is 18.5. The normalized spacial score (nSPS) is 13.6. The van der Waals surface area contributed by atoms with Gasteiger partial charge in [-0.3, -0.25) is 9.69 Å². The number of hydrogen-bond donors (Lipinski definition) is 1. The van der Waals surface area contributed by atoms with Crippen LogP contribution in [0.5, 0.6) is 0 Å². The topological polar surface area (TPSA) is 32.3 Å². The van der Waals surface area contributed by atoms with Gasteiger partial charge in [0, 0.05) is 6.04 Å². The van der Waals surface area contributed by atoms with E-state index in [1.165, 1.54) is 6.07 Å². The zero-order valence-electron chi connectivity index (χ0n) is 14.9. The van der Waals surface area contributed by atoms with E-state index < -0.39 is 17.8 Å². The van der Waals surface area contributed by atoms with Gasteiger partial charge in [-0.2, -0.15) is 13.2 Å². The Balaban J connectivity index is 2.95. The number of alkyl halides is 3. The molecule has 0 aliphatic heterocycles. The van der Waals surface area contributed by atoms with E-state index in [9.17, 15) is 18.0 Å². The Morgan fingerprint density at radius 2 is 1.83 bits per heavy atom. The second kappa shape index (κ2) is 8.51. The Labute approximate surface area is 142 Å². The maximum atomic E-state index is 12.9. The summed E-state index contributed by atoms with van der Waals surface area (Å²) in [7, 11) is 1.84. The maximum absolute atomic E-state index is 12.9. The molecule has 1 aromatic carbocycles. The second-order valence-corrected chi connectivity index (χ2v) is 6.88. The fourth-order valence-electron chi connectivity index (χ4n) is 2.33. The largest absolute Gasteiger partial charge is 0.416 e. The summed E-state index contributed by atoms with van der Waals surface area (Å²) in [4.78, 5) is 14.1. The molecule has 6 heteroatoms. The number of rotatable bonds is 7. The first-order valence-electron chi connectivity index (χ1n) is 8.17. The molecule has 1 rings (SSSR count). The van der Waals surface area contributed by atoms with Crippen LogP contribution in [0.2, 0.25) is 0 Å². The molecule has 1 N–H and O–H groups in total. The number of hydrogen-bond acceptors (Lipinski definition) is 2. The summed E-state index contributed by atoms with van der Waals surface area (Å²) in [6.07, 6.45) is -3.81. The molecule has 0 aliphatic rings. The van der Waals surface area contributed by atoms with Crippen molar-refractivity contribution in [2.45, 2.75) is 52.4 Å². The van der Waals surface area contributed by atoms with Crippen molar-refractivity contribution < 1.29 is 18.0 Å². The number of halogens is 3. The summed E-state index contributed by atoms with van der Waals surface area (Å²) in [5.41, 5.74) is -0.207. The van der Waals surface area contributed by atoms with E-state index in [-0.39, 0.29) is 24.4 Å². The third-order valence-electron chi connectivity index (χ3n) is 3.93. The quantitative estimate of drug-likeness (QED) is 0.802. The van der Waals surface area contributed by atoms with Crippen molar-refractivity contribution in [3.8, 4) is 0 Å². The molecular formula is C18H27F3N2O. The molecule has 1 amide bonds. The third-order valence-corrected chi connectivity index (χ3v) is 3.93. The monoisotopic (exact) mass is 344 g/mol. The van der Waals surface area contributed by atoms with Crippen LogP contribution in [0.15, 0.2) is 24.3 Å². The van der Waals surface area contributed by atoms with Gasteiger partial charge in [0.1, 0.15) is 0 Å². The molecule has 1 atom stereocenters. The Kier molecular flexibility index (Phi) is 7.27. The van der Waals surface area contributed by atoms with E-state index in [0.29, 0.717) is 12.0 Å². The Bertz CT molecular complexity index is 541. The van der Waals surface area contributed by atoms with E-state index in [0.717, 1.165) is 12.1 Å². The first-order chi connectivity index (χ1) is 11.0. The van der Waals surface area contributed by atoms with Gasteiger partial charge in [-0.1, -0.05) is 26.0 Å². The lowest BCUT2D eigenvalue weighted by atomic mass is 9.95. The first-order valence-corrected chi connectivity index (χ1v) is 8.17. The number of likely N-dealkylation sites (N-methyl/N-ethyl adjacent to an activating group) is 1. The lowest BCUT2D eigenvalue weighted by Crippen LogP contribution is -2.40. The fourth-order valence-corrected chi connectivity index (χ4v) is 2.33. The van der Waals surface area contributed by atoms with Crippen LogP contribution < -0.4 is 5.32 Å². The van der Waals surface area contributed by atoms with Crippen LogP contribution in [-0.2, 0) is 11.0 Å². The summed E-state index contributed by atoms with van der Waals surface area (Å²) >= 11 is 0. The predicted molar refractivity (Wildman–Crippen MR) is 89.5 cm³/mol. The van der Waals surface area contributed by atoms with Crippen molar-refractivity contribution in [1.82, 2.24) is 10.2 Å². The predicted octanol–water partition coefficient (Wildman–Crippen LogP) is 4.25. The smallest absolute Gasteiger partial charge is 0.348 e. The van der Waals surface area contributed by atoms with Crippen molar-refractivity contribution in [3.63, 3.8) is 0 Å². The van der Waals surface area contributed by atoms with E-state index in [1.54, 1.807) is 6.07 Å². The molecule has 0 saturated carbocycles. The molecule has 0 aromatic heterocycles. The minimum atomic E-state index is -4.39. The summed E-state index contributed by atoms with van der Waals surface area (Å²) in [5, 5.41) is 2.88.